The van der Waals surface area contributed by atoms with Crippen molar-refractivity contribution in [1.29, 1.82) is 0 Å². The summed E-state index contributed by atoms with van der Waals surface area (Å²) in [4.78, 5) is 0. The van der Waals surface area contributed by atoms with E-state index < -0.39 is 18.4 Å². The Morgan fingerprint density at radius 2 is 1.78 bits per heavy atom. The predicted octanol–water partition coefficient (Wildman–Crippen LogP) is 1.45. The average Bonchev–Trinajstić information content (AvgIpc) is 1.63. The van der Waals surface area contributed by atoms with Gasteiger partial charge in [-0.25, -0.2) is 8.78 Å². The van der Waals surface area contributed by atoms with E-state index in [9.17, 15) is 8.78 Å². The van der Waals surface area contributed by atoms with Crippen LogP contribution in [0.3, 0.4) is 0 Å². The molecule has 0 aliphatic heterocycles. The topological polar surface area (TPSA) is 20.2 Å². The Balaban J connectivity index is 3.38. The fourth-order valence-corrected chi connectivity index (χ4v) is 0.513. The molecule has 9 heavy (non-hydrogen) atoms. The lowest BCUT2D eigenvalue weighted by Crippen LogP contribution is -2.18. The minimum atomic E-state index is -1.52. The maximum absolute atomic E-state index is 12.2. The van der Waals surface area contributed by atoms with Gasteiger partial charge in [0, 0.05) is 6.42 Å². The maximum Gasteiger partial charge on any atom is 0.133 e. The Labute approximate surface area is 53.7 Å². The molecule has 3 heteroatoms. The van der Waals surface area contributed by atoms with Crippen molar-refractivity contribution in [3.63, 3.8) is 0 Å². The summed E-state index contributed by atoms with van der Waals surface area (Å²) in [6.45, 7) is 2.59. The van der Waals surface area contributed by atoms with Crippen molar-refractivity contribution in [2.75, 3.05) is 0 Å². The van der Waals surface area contributed by atoms with Crippen molar-refractivity contribution in [2.24, 2.45) is 0 Å². The minimum Gasteiger partial charge on any atom is -0.393 e. The lowest BCUT2D eigenvalue weighted by molar-refractivity contribution is 0.0995. The highest BCUT2D eigenvalue weighted by Gasteiger charge is 2.16. The first-order chi connectivity index (χ1) is 4.04. The van der Waals surface area contributed by atoms with E-state index in [0.29, 0.717) is 0 Å². The van der Waals surface area contributed by atoms with Crippen LogP contribution in [0.2, 0.25) is 0 Å². The van der Waals surface area contributed by atoms with Gasteiger partial charge in [-0.3, -0.25) is 0 Å². The zero-order valence-electron chi connectivity index (χ0n) is 5.64. The monoisotopic (exact) mass is 138 g/mol. The molecule has 0 saturated carbocycles. The summed E-state index contributed by atoms with van der Waals surface area (Å²) in [6.07, 6.45) is -3.86. The van der Waals surface area contributed by atoms with Gasteiger partial charge in [-0.05, 0) is 13.8 Å². The molecule has 0 spiro atoms. The first-order valence-electron chi connectivity index (χ1n) is 3.00. The zero-order valence-corrected chi connectivity index (χ0v) is 5.64. The number of aliphatic hydroxyl groups excluding tert-OH is 1. The predicted molar refractivity (Wildman–Crippen MR) is 31.8 cm³/mol. The first-order valence-corrected chi connectivity index (χ1v) is 3.00. The van der Waals surface area contributed by atoms with E-state index in [2.05, 4.69) is 0 Å². The van der Waals surface area contributed by atoms with Crippen molar-refractivity contribution >= 4 is 0 Å². The van der Waals surface area contributed by atoms with Crippen LogP contribution in [-0.4, -0.2) is 23.6 Å². The molecule has 3 atom stereocenters. The average molecular weight is 138 g/mol. The molecule has 3 unspecified atom stereocenters. The molecule has 0 amide bonds. The molecule has 0 aromatic heterocycles. The van der Waals surface area contributed by atoms with Crippen LogP contribution in [0.5, 0.6) is 0 Å². The zero-order chi connectivity index (χ0) is 7.44. The van der Waals surface area contributed by atoms with Crippen LogP contribution in [0.15, 0.2) is 0 Å². The molecule has 56 valence electrons. The lowest BCUT2D eigenvalue weighted by Gasteiger charge is -2.09. The molecule has 0 aliphatic carbocycles. The number of hydrogen-bond acceptors (Lipinski definition) is 1. The number of aliphatic hydroxyl groups is 1. The minimum absolute atomic E-state index is 0.113. The second kappa shape index (κ2) is 3.77. The van der Waals surface area contributed by atoms with E-state index in [0.717, 1.165) is 6.92 Å². The molecule has 0 saturated heterocycles. The van der Waals surface area contributed by atoms with Gasteiger partial charge < -0.3 is 5.11 Å². The molecule has 1 N–H and O–H groups in total. The van der Waals surface area contributed by atoms with E-state index in [1.807, 2.05) is 0 Å². The quantitative estimate of drug-likeness (QED) is 0.625. The third-order valence-electron chi connectivity index (χ3n) is 1.06. The summed E-state index contributed by atoms with van der Waals surface area (Å²) in [5, 5.41) is 8.56. The molecule has 0 heterocycles. The van der Waals surface area contributed by atoms with Crippen molar-refractivity contribution in [3.8, 4) is 0 Å². The molecular weight excluding hydrogens is 126 g/mol. The van der Waals surface area contributed by atoms with Crippen molar-refractivity contribution in [3.05, 3.63) is 0 Å². The van der Waals surface area contributed by atoms with E-state index in [1.54, 1.807) is 0 Å². The molecule has 0 bridgehead atoms. The Morgan fingerprint density at radius 3 is 1.89 bits per heavy atom. The molecule has 0 rings (SSSR count). The Bertz CT molecular complexity index is 73.5. The van der Waals surface area contributed by atoms with Gasteiger partial charge in [0.1, 0.15) is 12.3 Å². The third kappa shape index (κ3) is 4.33. The highest BCUT2D eigenvalue weighted by Crippen LogP contribution is 2.09. The molecule has 1 nitrogen and oxygen atoms in total. The summed E-state index contributed by atoms with van der Waals surface area (Å²) < 4.78 is 24.2. The number of hydrogen-bond donors (Lipinski definition) is 1. The van der Waals surface area contributed by atoms with Gasteiger partial charge in [-0.2, -0.15) is 0 Å². The SMILES string of the molecule is CC(O)CC(F)C(C)F. The molecular formula is C6H12F2O. The van der Waals surface area contributed by atoms with Crippen LogP contribution in [0, 0.1) is 0 Å². The number of alkyl halides is 2. The van der Waals surface area contributed by atoms with Crippen molar-refractivity contribution in [2.45, 2.75) is 38.7 Å². The Kier molecular flexibility index (Phi) is 3.70. The Morgan fingerprint density at radius 1 is 1.33 bits per heavy atom. The van der Waals surface area contributed by atoms with Crippen LogP contribution in [0.4, 0.5) is 8.78 Å². The normalized spacial score (nSPS) is 21.0. The summed E-state index contributed by atoms with van der Waals surface area (Å²) in [5.74, 6) is 0. The molecule has 0 aromatic rings. The second-order valence-corrected chi connectivity index (χ2v) is 2.28. The standard InChI is InChI=1S/C6H12F2O/c1-4(9)3-6(8)5(2)7/h4-6,9H,3H2,1-2H3. The lowest BCUT2D eigenvalue weighted by atomic mass is 10.1. The van der Waals surface area contributed by atoms with Crippen molar-refractivity contribution < 1.29 is 13.9 Å². The van der Waals surface area contributed by atoms with Gasteiger partial charge in [0.25, 0.3) is 0 Å². The summed E-state index contributed by atoms with van der Waals surface area (Å²) >= 11 is 0. The van der Waals surface area contributed by atoms with Crippen LogP contribution in [0.25, 0.3) is 0 Å². The highest BCUT2D eigenvalue weighted by atomic mass is 19.2. The Hall–Kier alpha value is -0.180. The second-order valence-electron chi connectivity index (χ2n) is 2.28. The fourth-order valence-electron chi connectivity index (χ4n) is 0.513. The summed E-state index contributed by atoms with van der Waals surface area (Å²) in [6, 6.07) is 0. The van der Waals surface area contributed by atoms with E-state index in [1.165, 1.54) is 6.92 Å². The summed E-state index contributed by atoms with van der Waals surface area (Å²) in [5.41, 5.74) is 0. The van der Waals surface area contributed by atoms with Gasteiger partial charge in [0.05, 0.1) is 6.10 Å². The smallest absolute Gasteiger partial charge is 0.133 e. The number of rotatable bonds is 3. The van der Waals surface area contributed by atoms with Crippen LogP contribution in [0.1, 0.15) is 20.3 Å². The van der Waals surface area contributed by atoms with Gasteiger partial charge in [-0.15, -0.1) is 0 Å². The molecule has 0 fully saturated rings. The number of halogens is 2. The van der Waals surface area contributed by atoms with E-state index >= 15 is 0 Å². The largest absolute Gasteiger partial charge is 0.393 e. The first kappa shape index (κ1) is 8.82. The summed E-state index contributed by atoms with van der Waals surface area (Å²) in [7, 11) is 0. The maximum atomic E-state index is 12.2. The van der Waals surface area contributed by atoms with Crippen LogP contribution >= 0.6 is 0 Å². The van der Waals surface area contributed by atoms with Gasteiger partial charge in [0.15, 0.2) is 0 Å². The van der Waals surface area contributed by atoms with E-state index in [-0.39, 0.29) is 6.42 Å². The van der Waals surface area contributed by atoms with E-state index in [4.69, 9.17) is 5.11 Å². The van der Waals surface area contributed by atoms with Crippen molar-refractivity contribution in [1.82, 2.24) is 0 Å². The fraction of sp³-hybridized carbons (Fsp3) is 1.00. The molecule has 0 aromatic carbocycles. The van der Waals surface area contributed by atoms with Crippen LogP contribution in [-0.2, 0) is 0 Å². The highest BCUT2D eigenvalue weighted by molar-refractivity contribution is 4.65. The third-order valence-corrected chi connectivity index (χ3v) is 1.06. The van der Waals surface area contributed by atoms with Gasteiger partial charge in [0.2, 0.25) is 0 Å². The molecule has 0 radical (unpaired) electrons. The van der Waals surface area contributed by atoms with Crippen LogP contribution < -0.4 is 0 Å². The van der Waals surface area contributed by atoms with Gasteiger partial charge >= 0.3 is 0 Å². The molecule has 0 aliphatic rings. The van der Waals surface area contributed by atoms with Gasteiger partial charge in [-0.1, -0.05) is 0 Å².